The predicted molar refractivity (Wildman–Crippen MR) is 417 cm³/mol. The molecule has 0 saturated heterocycles. The van der Waals surface area contributed by atoms with Crippen molar-refractivity contribution in [3.63, 3.8) is 0 Å². The van der Waals surface area contributed by atoms with E-state index in [-0.39, 0.29) is 25.7 Å². The summed E-state index contributed by atoms with van der Waals surface area (Å²) in [5, 5.41) is 10.6. The van der Waals surface area contributed by atoms with E-state index in [1.54, 1.807) is 12.2 Å². The third-order valence-electron chi connectivity index (χ3n) is 15.2. The van der Waals surface area contributed by atoms with Gasteiger partial charge in [-0.2, -0.15) is 0 Å². The number of esters is 4. The Morgan fingerprint density at radius 3 is 0.912 bits per heavy atom. The van der Waals surface area contributed by atoms with E-state index in [1.165, 1.54) is 38.5 Å². The fourth-order valence-corrected chi connectivity index (χ4v) is 11.1. The number of carbonyl (C=O) groups is 4. The van der Waals surface area contributed by atoms with Gasteiger partial charge in [0.1, 0.15) is 19.3 Å². The number of rotatable bonds is 70. The summed E-state index contributed by atoms with van der Waals surface area (Å²) in [6.45, 7) is 4.30. The minimum Gasteiger partial charge on any atom is -0.462 e. The fraction of sp³-hybridized carbons (Fsp3) is 0.614. The van der Waals surface area contributed by atoms with E-state index in [9.17, 15) is 43.2 Å². The molecule has 102 heavy (non-hydrogen) atoms. The van der Waals surface area contributed by atoms with Crippen LogP contribution in [0.2, 0.25) is 0 Å². The first-order valence-electron chi connectivity index (χ1n) is 38.4. The molecule has 0 heterocycles. The molecule has 0 saturated carbocycles. The molecule has 0 amide bonds. The maximum atomic E-state index is 13.1. The number of aliphatic hydroxyl groups is 1. The summed E-state index contributed by atoms with van der Waals surface area (Å²) in [6.07, 6.45) is 86.7. The van der Waals surface area contributed by atoms with E-state index in [1.807, 2.05) is 24.3 Å². The number of unbranched alkanes of at least 4 members (excludes halogenated alkanes) is 17. The van der Waals surface area contributed by atoms with Crippen LogP contribution < -0.4 is 0 Å². The smallest absolute Gasteiger partial charge is 0.462 e. The van der Waals surface area contributed by atoms with E-state index in [0.717, 1.165) is 148 Å². The molecular formula is C83H134O17P2. The van der Waals surface area contributed by atoms with Gasteiger partial charge in [-0.05, 0) is 128 Å². The zero-order valence-corrected chi connectivity index (χ0v) is 64.8. The summed E-state index contributed by atoms with van der Waals surface area (Å²) in [4.78, 5) is 72.8. The summed E-state index contributed by atoms with van der Waals surface area (Å²) < 4.78 is 68.3. The van der Waals surface area contributed by atoms with Gasteiger partial charge in [0.2, 0.25) is 0 Å². The second-order valence-electron chi connectivity index (χ2n) is 24.8. The van der Waals surface area contributed by atoms with Crippen molar-refractivity contribution in [1.29, 1.82) is 0 Å². The topological polar surface area (TPSA) is 237 Å². The average molecular weight is 1470 g/mol. The number of hydrogen-bond donors (Lipinski definition) is 3. The Hall–Kier alpha value is -5.58. The van der Waals surface area contributed by atoms with Crippen LogP contribution in [0.3, 0.4) is 0 Å². The lowest BCUT2D eigenvalue weighted by Gasteiger charge is -2.21. The Balaban J connectivity index is 5.45. The van der Waals surface area contributed by atoms with Crippen molar-refractivity contribution in [3.05, 3.63) is 170 Å². The first-order chi connectivity index (χ1) is 49.7. The number of aliphatic hydroxyl groups excluding tert-OH is 1. The van der Waals surface area contributed by atoms with Gasteiger partial charge in [0.15, 0.2) is 12.2 Å². The minimum atomic E-state index is -5.02. The van der Waals surface area contributed by atoms with Gasteiger partial charge in [-0.3, -0.25) is 37.3 Å². The predicted octanol–water partition coefficient (Wildman–Crippen LogP) is 22.2. The zero-order chi connectivity index (χ0) is 74.6. The van der Waals surface area contributed by atoms with Gasteiger partial charge < -0.3 is 33.8 Å². The van der Waals surface area contributed by atoms with Gasteiger partial charge in [0, 0.05) is 19.3 Å². The summed E-state index contributed by atoms with van der Waals surface area (Å²) in [7, 11) is -10.0. The van der Waals surface area contributed by atoms with Crippen LogP contribution in [0, 0.1) is 0 Å². The van der Waals surface area contributed by atoms with Crippen LogP contribution in [0.1, 0.15) is 272 Å². The maximum absolute atomic E-state index is 13.1. The minimum absolute atomic E-state index is 0.0579. The van der Waals surface area contributed by atoms with Crippen LogP contribution in [-0.2, 0) is 65.4 Å². The lowest BCUT2D eigenvalue weighted by Crippen LogP contribution is -2.30. The second-order valence-corrected chi connectivity index (χ2v) is 27.7. The van der Waals surface area contributed by atoms with Crippen molar-refractivity contribution >= 4 is 39.5 Å². The lowest BCUT2D eigenvalue weighted by molar-refractivity contribution is -0.161. The molecule has 0 bridgehead atoms. The molecule has 0 aliphatic carbocycles. The highest BCUT2D eigenvalue weighted by Gasteiger charge is 2.30. The van der Waals surface area contributed by atoms with Crippen molar-refractivity contribution in [2.75, 3.05) is 39.6 Å². The normalized spacial score (nSPS) is 14.9. The lowest BCUT2D eigenvalue weighted by atomic mass is 10.1. The van der Waals surface area contributed by atoms with E-state index < -0.39 is 97.5 Å². The molecule has 0 spiro atoms. The molecule has 0 aliphatic rings. The van der Waals surface area contributed by atoms with Gasteiger partial charge in [-0.1, -0.05) is 288 Å². The first kappa shape index (κ1) is 96.4. The van der Waals surface area contributed by atoms with Crippen LogP contribution in [0.4, 0.5) is 0 Å². The van der Waals surface area contributed by atoms with Gasteiger partial charge in [0.05, 0.1) is 32.8 Å². The number of carbonyl (C=O) groups excluding carboxylic acids is 4. The van der Waals surface area contributed by atoms with Gasteiger partial charge >= 0.3 is 39.5 Å². The highest BCUT2D eigenvalue weighted by Crippen LogP contribution is 2.45. The van der Waals surface area contributed by atoms with E-state index in [2.05, 4.69) is 161 Å². The van der Waals surface area contributed by atoms with Crippen molar-refractivity contribution in [1.82, 2.24) is 0 Å². The molecule has 0 rings (SSSR count). The molecule has 17 nitrogen and oxygen atoms in total. The summed E-state index contributed by atoms with van der Waals surface area (Å²) in [5.41, 5.74) is 0. The Labute approximate surface area is 616 Å². The highest BCUT2D eigenvalue weighted by molar-refractivity contribution is 7.47. The van der Waals surface area contributed by atoms with Crippen molar-refractivity contribution in [3.8, 4) is 0 Å². The van der Waals surface area contributed by atoms with Crippen LogP contribution in [0.25, 0.3) is 0 Å². The quantitative estimate of drug-likeness (QED) is 0.0169. The molecule has 0 aromatic heterocycles. The van der Waals surface area contributed by atoms with Crippen molar-refractivity contribution in [2.24, 2.45) is 0 Å². The second kappa shape index (κ2) is 73.7. The third-order valence-corrected chi connectivity index (χ3v) is 17.1. The van der Waals surface area contributed by atoms with Gasteiger partial charge in [-0.25, -0.2) is 9.13 Å². The van der Waals surface area contributed by atoms with Crippen LogP contribution >= 0.6 is 15.6 Å². The summed E-state index contributed by atoms with van der Waals surface area (Å²) in [5.74, 6) is -2.42. The maximum Gasteiger partial charge on any atom is 0.472 e. The fourth-order valence-electron chi connectivity index (χ4n) is 9.50. The standard InChI is InChI=1S/C83H134O17P2/c1-5-9-13-17-21-25-29-32-35-37-38-40-43-45-49-52-56-60-64-68-80(85)93-73-78(99-82(87)69-65-61-57-53-47-28-24-20-16-12-8-4)75-97-101(89,90)95-71-77(84)72-96-102(91,92)98-76-79(100-83(88)70-66-62-58-54-50-46-41-34-31-27-23-19-15-11-7-3)74-94-81(86)67-63-59-55-51-48-44-42-39-36-33-30-26-22-18-14-10-6-2/h9-11,13-15,21-23,25-27,32-36,38,40-42,44,50-51,54-55,62,66,77-79,84H,5-8,12,16-20,24,28-31,37,39,43,45-49,52-53,56-61,63-65,67-76H2,1-4H3,(H,89,90)(H,91,92)/b13-9-,14-10-,15-11-,25-21-,26-22-,27-23-,35-32-,36-33-,40-38-,41-34-,44-42-,54-50-,55-51-,66-62-. The van der Waals surface area contributed by atoms with Crippen molar-refractivity contribution in [2.45, 2.75) is 290 Å². The molecule has 5 atom stereocenters. The molecular weight excluding hydrogens is 1330 g/mol. The largest absolute Gasteiger partial charge is 0.472 e. The molecule has 0 aliphatic heterocycles. The Morgan fingerprint density at radius 1 is 0.294 bits per heavy atom. The van der Waals surface area contributed by atoms with Crippen molar-refractivity contribution < 1.29 is 80.2 Å². The van der Waals surface area contributed by atoms with Gasteiger partial charge in [0.25, 0.3) is 0 Å². The Morgan fingerprint density at radius 2 is 0.559 bits per heavy atom. The number of ether oxygens (including phenoxy) is 4. The highest BCUT2D eigenvalue weighted by atomic mass is 31.2. The van der Waals surface area contributed by atoms with E-state index in [4.69, 9.17) is 37.0 Å². The molecule has 0 radical (unpaired) electrons. The number of phosphoric ester groups is 2. The average Bonchev–Trinajstić information content (AvgIpc) is 0.944. The monoisotopic (exact) mass is 1460 g/mol. The summed E-state index contributed by atoms with van der Waals surface area (Å²) >= 11 is 0. The zero-order valence-electron chi connectivity index (χ0n) is 63.0. The molecule has 3 N–H and O–H groups in total. The first-order valence-corrected chi connectivity index (χ1v) is 41.4. The molecule has 19 heteroatoms. The molecule has 0 aromatic carbocycles. The molecule has 0 fully saturated rings. The number of allylic oxidation sites excluding steroid dienone is 27. The number of phosphoric acid groups is 2. The summed E-state index contributed by atoms with van der Waals surface area (Å²) in [6, 6.07) is 0. The third kappa shape index (κ3) is 72.8. The molecule has 5 unspecified atom stereocenters. The van der Waals surface area contributed by atoms with Crippen LogP contribution in [0.15, 0.2) is 170 Å². The van der Waals surface area contributed by atoms with Crippen LogP contribution in [0.5, 0.6) is 0 Å². The molecule has 0 aromatic rings. The van der Waals surface area contributed by atoms with Gasteiger partial charge in [-0.15, -0.1) is 0 Å². The van der Waals surface area contributed by atoms with Crippen LogP contribution in [-0.4, -0.2) is 96.7 Å². The van der Waals surface area contributed by atoms with E-state index >= 15 is 0 Å². The van der Waals surface area contributed by atoms with E-state index in [0.29, 0.717) is 32.1 Å². The number of hydrogen-bond acceptors (Lipinski definition) is 15. The Bertz CT molecular complexity index is 2600. The Kier molecular flexibility index (Phi) is 69.7. The SMILES string of the molecule is CC/C=C\C/C=C\C/C=C\C/C=C\C/C=C\CCCC(=O)OCC(COP(=O)(O)OCC(O)COP(=O)(O)OCC(COC(=O)CCCCCCCC/C=C\C/C=C\C/C=C\C/C=C\CC)OC(=O)CCCCCCCCCCCCC)OC(=O)C/C=C\C/C=C\C/C=C\C/C=C\C/C=C\CC. The molecule has 578 valence electrons.